The molecule has 3 N–H and O–H groups in total. The second-order valence-corrected chi connectivity index (χ2v) is 7.54. The molecule has 0 spiro atoms. The molecule has 1 aromatic rings. The summed E-state index contributed by atoms with van der Waals surface area (Å²) in [6.07, 6.45) is 0. The number of primary sulfonamides is 1. The molecule has 0 radical (unpaired) electrons. The van der Waals surface area contributed by atoms with E-state index in [0.717, 1.165) is 0 Å². The van der Waals surface area contributed by atoms with Gasteiger partial charge >= 0.3 is 0 Å². The maximum absolute atomic E-state index is 12.7. The van der Waals surface area contributed by atoms with Crippen LogP contribution in [0.3, 0.4) is 0 Å². The maximum Gasteiger partial charge on any atom is 0.254 e. The van der Waals surface area contributed by atoms with Crippen LogP contribution in [0.1, 0.15) is 29.8 Å². The van der Waals surface area contributed by atoms with Gasteiger partial charge in [-0.3, -0.25) is 4.79 Å². The minimum absolute atomic E-state index is 0.00254. The average Bonchev–Trinajstić information content (AvgIpc) is 2.35. The van der Waals surface area contributed by atoms with Crippen molar-refractivity contribution < 1.29 is 13.2 Å². The highest BCUT2D eigenvalue weighted by Crippen LogP contribution is 2.21. The third-order valence-corrected chi connectivity index (χ3v) is 4.73. The van der Waals surface area contributed by atoms with Crippen molar-refractivity contribution in [2.45, 2.75) is 31.2 Å². The molecule has 1 aliphatic heterocycles. The first kappa shape index (κ1) is 15.9. The summed E-state index contributed by atoms with van der Waals surface area (Å²) in [6, 6.07) is 4.61. The number of carbonyl (C=O) groups is 1. The van der Waals surface area contributed by atoms with Crippen LogP contribution in [0, 0.1) is 6.92 Å². The predicted octanol–water partition coefficient (Wildman–Crippen LogP) is 0.466. The van der Waals surface area contributed by atoms with Crippen LogP contribution in [0.2, 0.25) is 0 Å². The Kier molecular flexibility index (Phi) is 4.10. The van der Waals surface area contributed by atoms with Gasteiger partial charge in [-0.1, -0.05) is 6.07 Å². The molecular weight excluding hydrogens is 290 g/mol. The average molecular weight is 311 g/mol. The zero-order valence-electron chi connectivity index (χ0n) is 12.5. The van der Waals surface area contributed by atoms with Crippen molar-refractivity contribution in [1.29, 1.82) is 0 Å². The minimum atomic E-state index is -3.83. The molecule has 6 nitrogen and oxygen atoms in total. The summed E-state index contributed by atoms with van der Waals surface area (Å²) < 4.78 is 23.1. The lowest BCUT2D eigenvalue weighted by atomic mass is 10.0. The molecule has 0 bridgehead atoms. The molecule has 0 atom stereocenters. The van der Waals surface area contributed by atoms with E-state index in [0.29, 0.717) is 30.8 Å². The SMILES string of the molecule is Cc1c(C(=O)N2CCNC(C)(C)C2)cccc1S(N)(=O)=O. The molecule has 0 saturated carbocycles. The summed E-state index contributed by atoms with van der Waals surface area (Å²) in [7, 11) is -3.83. The standard InChI is InChI=1S/C14H21N3O3S/c1-10-11(5-4-6-12(10)21(15,19)20)13(18)17-8-7-16-14(2,3)9-17/h4-6,16H,7-9H2,1-3H3,(H2,15,19,20). The van der Waals surface area contributed by atoms with Crippen molar-refractivity contribution in [3.8, 4) is 0 Å². The van der Waals surface area contributed by atoms with Crippen LogP contribution in [0.15, 0.2) is 23.1 Å². The second kappa shape index (κ2) is 5.40. The molecule has 1 aliphatic rings. The Balaban J connectivity index is 2.36. The zero-order valence-corrected chi connectivity index (χ0v) is 13.3. The maximum atomic E-state index is 12.7. The van der Waals surface area contributed by atoms with Crippen LogP contribution in [0.25, 0.3) is 0 Å². The van der Waals surface area contributed by atoms with E-state index in [2.05, 4.69) is 5.32 Å². The van der Waals surface area contributed by atoms with Gasteiger partial charge in [-0.2, -0.15) is 0 Å². The lowest BCUT2D eigenvalue weighted by Gasteiger charge is -2.39. The highest BCUT2D eigenvalue weighted by Gasteiger charge is 2.30. The molecule has 1 heterocycles. The smallest absolute Gasteiger partial charge is 0.254 e. The highest BCUT2D eigenvalue weighted by molar-refractivity contribution is 7.89. The molecule has 7 heteroatoms. The molecule has 116 valence electrons. The molecule has 2 rings (SSSR count). The van der Waals surface area contributed by atoms with Crippen LogP contribution in [-0.2, 0) is 10.0 Å². The predicted molar refractivity (Wildman–Crippen MR) is 80.5 cm³/mol. The summed E-state index contributed by atoms with van der Waals surface area (Å²) in [5.74, 6) is -0.160. The molecule has 1 saturated heterocycles. The van der Waals surface area contributed by atoms with Gasteiger partial charge in [0.25, 0.3) is 5.91 Å². The molecule has 1 amide bonds. The van der Waals surface area contributed by atoms with Gasteiger partial charge in [-0.05, 0) is 38.5 Å². The number of hydrogen-bond donors (Lipinski definition) is 2. The number of benzene rings is 1. The monoisotopic (exact) mass is 311 g/mol. The van der Waals surface area contributed by atoms with Gasteiger partial charge in [0.1, 0.15) is 0 Å². The Hall–Kier alpha value is -1.44. The van der Waals surface area contributed by atoms with Crippen molar-refractivity contribution in [3.63, 3.8) is 0 Å². The summed E-state index contributed by atoms with van der Waals surface area (Å²) in [4.78, 5) is 14.4. The minimum Gasteiger partial charge on any atom is -0.336 e. The van der Waals surface area contributed by atoms with E-state index in [4.69, 9.17) is 5.14 Å². The normalized spacial score (nSPS) is 18.6. The fourth-order valence-corrected chi connectivity index (χ4v) is 3.44. The van der Waals surface area contributed by atoms with E-state index in [9.17, 15) is 13.2 Å². The van der Waals surface area contributed by atoms with Gasteiger partial charge < -0.3 is 10.2 Å². The number of nitrogens with one attached hydrogen (secondary N) is 1. The van der Waals surface area contributed by atoms with Crippen LogP contribution >= 0.6 is 0 Å². The largest absolute Gasteiger partial charge is 0.336 e. The van der Waals surface area contributed by atoms with E-state index < -0.39 is 10.0 Å². The quantitative estimate of drug-likeness (QED) is 0.830. The Morgan fingerprint density at radius 3 is 2.62 bits per heavy atom. The fraction of sp³-hybridized carbons (Fsp3) is 0.500. The Bertz CT molecular complexity index is 668. The number of nitrogens with zero attached hydrogens (tertiary/aromatic N) is 1. The number of hydrogen-bond acceptors (Lipinski definition) is 4. The Labute approximate surface area is 125 Å². The summed E-state index contributed by atoms with van der Waals surface area (Å²) in [5.41, 5.74) is 0.639. The van der Waals surface area contributed by atoms with E-state index in [1.807, 2.05) is 13.8 Å². The lowest BCUT2D eigenvalue weighted by Crippen LogP contribution is -2.58. The zero-order chi connectivity index (χ0) is 15.8. The number of rotatable bonds is 2. The third kappa shape index (κ3) is 3.42. The van der Waals surface area contributed by atoms with Crippen molar-refractivity contribution in [2.75, 3.05) is 19.6 Å². The first-order valence-corrected chi connectivity index (χ1v) is 8.33. The number of piperazine rings is 1. The number of nitrogens with two attached hydrogens (primary N) is 1. The number of sulfonamides is 1. The number of amides is 1. The first-order valence-electron chi connectivity index (χ1n) is 6.78. The molecule has 1 aromatic carbocycles. The number of carbonyl (C=O) groups excluding carboxylic acids is 1. The van der Waals surface area contributed by atoms with E-state index in [1.165, 1.54) is 6.07 Å². The lowest BCUT2D eigenvalue weighted by molar-refractivity contribution is 0.0651. The van der Waals surface area contributed by atoms with Crippen LogP contribution in [0.4, 0.5) is 0 Å². The Morgan fingerprint density at radius 1 is 1.38 bits per heavy atom. The summed E-state index contributed by atoms with van der Waals surface area (Å²) >= 11 is 0. The molecule has 0 aliphatic carbocycles. The fourth-order valence-electron chi connectivity index (χ4n) is 2.64. The van der Waals surface area contributed by atoms with Crippen LogP contribution in [0.5, 0.6) is 0 Å². The summed E-state index contributed by atoms with van der Waals surface area (Å²) in [5, 5.41) is 8.52. The molecule has 21 heavy (non-hydrogen) atoms. The van der Waals surface area contributed by atoms with Gasteiger partial charge in [0.2, 0.25) is 10.0 Å². The first-order chi connectivity index (χ1) is 9.62. The third-order valence-electron chi connectivity index (χ3n) is 3.68. The molecule has 1 fully saturated rings. The van der Waals surface area contributed by atoms with Crippen molar-refractivity contribution >= 4 is 15.9 Å². The highest BCUT2D eigenvalue weighted by atomic mass is 32.2. The summed E-state index contributed by atoms with van der Waals surface area (Å²) in [6.45, 7) is 7.55. The van der Waals surface area contributed by atoms with E-state index in [-0.39, 0.29) is 16.3 Å². The van der Waals surface area contributed by atoms with Crippen molar-refractivity contribution in [3.05, 3.63) is 29.3 Å². The van der Waals surface area contributed by atoms with Gasteiger partial charge in [-0.25, -0.2) is 13.6 Å². The van der Waals surface area contributed by atoms with E-state index in [1.54, 1.807) is 24.0 Å². The van der Waals surface area contributed by atoms with Crippen LogP contribution in [-0.4, -0.2) is 44.4 Å². The van der Waals surface area contributed by atoms with Gasteiger partial charge in [0, 0.05) is 30.7 Å². The molecule has 0 unspecified atom stereocenters. The van der Waals surface area contributed by atoms with Gasteiger partial charge in [0.05, 0.1) is 4.90 Å². The van der Waals surface area contributed by atoms with Gasteiger partial charge in [-0.15, -0.1) is 0 Å². The second-order valence-electron chi connectivity index (χ2n) is 6.01. The van der Waals surface area contributed by atoms with E-state index >= 15 is 0 Å². The van der Waals surface area contributed by atoms with Gasteiger partial charge in [0.15, 0.2) is 0 Å². The topological polar surface area (TPSA) is 92.5 Å². The van der Waals surface area contributed by atoms with Crippen molar-refractivity contribution in [2.24, 2.45) is 5.14 Å². The Morgan fingerprint density at radius 2 is 2.05 bits per heavy atom. The molecule has 0 aromatic heterocycles. The van der Waals surface area contributed by atoms with Crippen molar-refractivity contribution in [1.82, 2.24) is 10.2 Å². The molecular formula is C14H21N3O3S. The van der Waals surface area contributed by atoms with Crippen LogP contribution < -0.4 is 10.5 Å².